The molecule has 0 aromatic carbocycles. The molecular weight excluding hydrogens is 170 g/mol. The number of hydrogen-bond donors (Lipinski definition) is 1. The molecular formula is C8H13N3S. The maximum absolute atomic E-state index is 4.28. The molecule has 0 saturated carbocycles. The van der Waals surface area contributed by atoms with Gasteiger partial charge in [-0.25, -0.2) is 4.98 Å². The lowest BCUT2D eigenvalue weighted by molar-refractivity contribution is 0.684. The molecule has 0 spiro atoms. The number of rotatable bonds is 2. The van der Waals surface area contributed by atoms with E-state index in [1.54, 1.807) is 11.3 Å². The Balaban J connectivity index is 2.04. The summed E-state index contributed by atoms with van der Waals surface area (Å²) in [7, 11) is 2.12. The predicted molar refractivity (Wildman–Crippen MR) is 51.8 cm³/mol. The number of aromatic nitrogens is 1. The average molecular weight is 183 g/mol. The van der Waals surface area contributed by atoms with Crippen molar-refractivity contribution in [3.63, 3.8) is 0 Å². The molecule has 0 radical (unpaired) electrons. The lowest BCUT2D eigenvalue weighted by Gasteiger charge is -2.22. The first-order chi connectivity index (χ1) is 5.88. The summed E-state index contributed by atoms with van der Waals surface area (Å²) in [6.07, 6.45) is 3.09. The van der Waals surface area contributed by atoms with Gasteiger partial charge in [-0.2, -0.15) is 0 Å². The highest BCUT2D eigenvalue weighted by atomic mass is 32.1. The van der Waals surface area contributed by atoms with Crippen molar-refractivity contribution in [1.29, 1.82) is 0 Å². The Bertz CT molecular complexity index is 228. The van der Waals surface area contributed by atoms with Crippen molar-refractivity contribution in [3.8, 4) is 0 Å². The van der Waals surface area contributed by atoms with Crippen LogP contribution in [0.1, 0.15) is 6.42 Å². The van der Waals surface area contributed by atoms with Gasteiger partial charge in [0.1, 0.15) is 0 Å². The Hall–Kier alpha value is -0.610. The van der Waals surface area contributed by atoms with Crippen LogP contribution in [-0.2, 0) is 0 Å². The maximum Gasteiger partial charge on any atom is 0.185 e. The minimum Gasteiger partial charge on any atom is -0.347 e. The van der Waals surface area contributed by atoms with Gasteiger partial charge in [-0.05, 0) is 13.0 Å². The van der Waals surface area contributed by atoms with E-state index in [9.17, 15) is 0 Å². The van der Waals surface area contributed by atoms with Gasteiger partial charge in [-0.15, -0.1) is 11.3 Å². The predicted octanol–water partition coefficient (Wildman–Crippen LogP) is 0.941. The van der Waals surface area contributed by atoms with Gasteiger partial charge in [0, 0.05) is 31.2 Å². The fourth-order valence-electron chi connectivity index (χ4n) is 1.52. The van der Waals surface area contributed by atoms with Crippen molar-refractivity contribution < 1.29 is 0 Å². The van der Waals surface area contributed by atoms with Gasteiger partial charge in [0.25, 0.3) is 0 Å². The number of nitrogens with one attached hydrogen (secondary N) is 1. The average Bonchev–Trinajstić information content (AvgIpc) is 2.77. The smallest absolute Gasteiger partial charge is 0.185 e. The molecule has 2 rings (SSSR count). The van der Waals surface area contributed by atoms with Crippen LogP contribution in [-0.4, -0.2) is 31.2 Å². The zero-order chi connectivity index (χ0) is 8.39. The fraction of sp³-hybridized carbons (Fsp3) is 0.625. The summed E-state index contributed by atoms with van der Waals surface area (Å²) in [5, 5.41) is 6.50. The standard InChI is InChI=1S/C8H13N3S/c1-11(7-2-3-9-6-7)8-10-4-5-12-8/h4-5,7,9H,2-3,6H2,1H3/t7-/m1/s1. The molecule has 1 aliphatic rings. The molecule has 1 aliphatic heterocycles. The highest BCUT2D eigenvalue weighted by molar-refractivity contribution is 7.13. The summed E-state index contributed by atoms with van der Waals surface area (Å²) in [6.45, 7) is 2.23. The third-order valence-corrected chi connectivity index (χ3v) is 3.17. The van der Waals surface area contributed by atoms with E-state index >= 15 is 0 Å². The first-order valence-electron chi connectivity index (χ1n) is 4.21. The summed E-state index contributed by atoms with van der Waals surface area (Å²) >= 11 is 1.70. The van der Waals surface area contributed by atoms with Crippen LogP contribution in [0, 0.1) is 0 Å². The normalized spacial score (nSPS) is 22.9. The van der Waals surface area contributed by atoms with Crippen LogP contribution in [0.4, 0.5) is 5.13 Å². The van der Waals surface area contributed by atoms with E-state index in [-0.39, 0.29) is 0 Å². The topological polar surface area (TPSA) is 28.2 Å². The highest BCUT2D eigenvalue weighted by Gasteiger charge is 2.20. The van der Waals surface area contributed by atoms with Gasteiger partial charge in [-0.3, -0.25) is 0 Å². The molecule has 1 aromatic heterocycles. The van der Waals surface area contributed by atoms with Crippen LogP contribution in [0.5, 0.6) is 0 Å². The van der Waals surface area contributed by atoms with Crippen LogP contribution in [0.2, 0.25) is 0 Å². The summed E-state index contributed by atoms with van der Waals surface area (Å²) in [5.41, 5.74) is 0. The Morgan fingerprint density at radius 2 is 2.67 bits per heavy atom. The lowest BCUT2D eigenvalue weighted by Crippen LogP contribution is -2.33. The highest BCUT2D eigenvalue weighted by Crippen LogP contribution is 2.20. The van der Waals surface area contributed by atoms with Crippen molar-refractivity contribution in [3.05, 3.63) is 11.6 Å². The molecule has 0 amide bonds. The lowest BCUT2D eigenvalue weighted by atomic mass is 10.2. The Labute approximate surface area is 76.4 Å². The Morgan fingerprint density at radius 3 is 3.25 bits per heavy atom. The molecule has 1 aromatic rings. The maximum atomic E-state index is 4.28. The molecule has 1 N–H and O–H groups in total. The SMILES string of the molecule is CN(c1nccs1)[C@@H]1CCNC1. The molecule has 2 heterocycles. The van der Waals surface area contributed by atoms with Crippen molar-refractivity contribution >= 4 is 16.5 Å². The molecule has 66 valence electrons. The van der Waals surface area contributed by atoms with E-state index in [4.69, 9.17) is 0 Å². The van der Waals surface area contributed by atoms with Crippen molar-refractivity contribution in [2.24, 2.45) is 0 Å². The molecule has 1 saturated heterocycles. The number of anilines is 1. The van der Waals surface area contributed by atoms with E-state index in [1.165, 1.54) is 6.42 Å². The van der Waals surface area contributed by atoms with E-state index in [2.05, 4.69) is 22.2 Å². The minimum atomic E-state index is 0.635. The monoisotopic (exact) mass is 183 g/mol. The zero-order valence-electron chi connectivity index (χ0n) is 7.16. The van der Waals surface area contributed by atoms with Gasteiger partial charge in [0.15, 0.2) is 5.13 Å². The van der Waals surface area contributed by atoms with Crippen molar-refractivity contribution in [1.82, 2.24) is 10.3 Å². The molecule has 3 nitrogen and oxygen atoms in total. The van der Waals surface area contributed by atoms with Gasteiger partial charge < -0.3 is 10.2 Å². The third kappa shape index (κ3) is 1.44. The number of likely N-dealkylation sites (N-methyl/N-ethyl adjacent to an activating group) is 1. The third-order valence-electron chi connectivity index (χ3n) is 2.30. The molecule has 12 heavy (non-hydrogen) atoms. The first-order valence-corrected chi connectivity index (χ1v) is 5.09. The van der Waals surface area contributed by atoms with Crippen molar-refractivity contribution in [2.45, 2.75) is 12.5 Å². The molecule has 0 bridgehead atoms. The largest absolute Gasteiger partial charge is 0.347 e. The summed E-state index contributed by atoms with van der Waals surface area (Å²) in [6, 6.07) is 0.635. The molecule has 0 aliphatic carbocycles. The second-order valence-electron chi connectivity index (χ2n) is 3.07. The van der Waals surface area contributed by atoms with E-state index in [1.807, 2.05) is 11.6 Å². The van der Waals surface area contributed by atoms with Crippen molar-refractivity contribution in [2.75, 3.05) is 25.0 Å². The zero-order valence-corrected chi connectivity index (χ0v) is 7.97. The van der Waals surface area contributed by atoms with E-state index < -0.39 is 0 Å². The number of hydrogen-bond acceptors (Lipinski definition) is 4. The summed E-state index contributed by atoms with van der Waals surface area (Å²) < 4.78 is 0. The van der Waals surface area contributed by atoms with Gasteiger partial charge in [-0.1, -0.05) is 0 Å². The number of nitrogens with zero attached hydrogens (tertiary/aromatic N) is 2. The first kappa shape index (κ1) is 8.01. The van der Waals surface area contributed by atoms with Gasteiger partial charge >= 0.3 is 0 Å². The quantitative estimate of drug-likeness (QED) is 0.739. The second-order valence-corrected chi connectivity index (χ2v) is 3.95. The Kier molecular flexibility index (Phi) is 2.28. The van der Waals surface area contributed by atoms with Gasteiger partial charge in [0.05, 0.1) is 0 Å². The second kappa shape index (κ2) is 3.41. The van der Waals surface area contributed by atoms with Crippen LogP contribution < -0.4 is 10.2 Å². The summed E-state index contributed by atoms with van der Waals surface area (Å²) in [4.78, 5) is 6.55. The van der Waals surface area contributed by atoms with Gasteiger partial charge in [0.2, 0.25) is 0 Å². The fourth-order valence-corrected chi connectivity index (χ4v) is 2.20. The van der Waals surface area contributed by atoms with E-state index in [0.29, 0.717) is 6.04 Å². The summed E-state index contributed by atoms with van der Waals surface area (Å²) in [5.74, 6) is 0. The van der Waals surface area contributed by atoms with Crippen LogP contribution in [0.3, 0.4) is 0 Å². The van der Waals surface area contributed by atoms with Crippen LogP contribution in [0.15, 0.2) is 11.6 Å². The number of thiazole rings is 1. The molecule has 4 heteroatoms. The molecule has 1 atom stereocenters. The van der Waals surface area contributed by atoms with Crippen LogP contribution >= 0.6 is 11.3 Å². The van der Waals surface area contributed by atoms with E-state index in [0.717, 1.165) is 18.2 Å². The molecule has 1 fully saturated rings. The van der Waals surface area contributed by atoms with Crippen LogP contribution in [0.25, 0.3) is 0 Å². The Morgan fingerprint density at radius 1 is 1.75 bits per heavy atom. The molecule has 0 unspecified atom stereocenters. The minimum absolute atomic E-state index is 0.635.